The summed E-state index contributed by atoms with van der Waals surface area (Å²) < 4.78 is 5.06. The molecular formula is C11H15ClN2O3. The van der Waals surface area contributed by atoms with Gasteiger partial charge in [-0.2, -0.15) is 0 Å². The van der Waals surface area contributed by atoms with Crippen LogP contribution < -0.4 is 4.74 Å². The number of rotatable bonds is 5. The van der Waals surface area contributed by atoms with Gasteiger partial charge in [-0.3, -0.25) is 4.79 Å². The first-order chi connectivity index (χ1) is 8.13. The monoisotopic (exact) mass is 258 g/mol. The maximum Gasteiger partial charge on any atom is 0.257 e. The molecule has 0 aliphatic carbocycles. The molecule has 0 radical (unpaired) electrons. The molecule has 6 heteroatoms. The second-order valence-corrected chi connectivity index (χ2v) is 3.70. The SMILES string of the molecule is CCN(CCO)C(=O)c1cc(Cl)ncc1OC. The van der Waals surface area contributed by atoms with Crippen LogP contribution in [0.2, 0.25) is 5.15 Å². The summed E-state index contributed by atoms with van der Waals surface area (Å²) in [4.78, 5) is 17.5. The number of nitrogens with zero attached hydrogens (tertiary/aromatic N) is 2. The van der Waals surface area contributed by atoms with Gasteiger partial charge in [0.1, 0.15) is 10.9 Å². The fourth-order valence-electron chi connectivity index (χ4n) is 1.44. The highest BCUT2D eigenvalue weighted by atomic mass is 35.5. The van der Waals surface area contributed by atoms with Crippen molar-refractivity contribution in [1.29, 1.82) is 0 Å². The lowest BCUT2D eigenvalue weighted by Crippen LogP contribution is -2.33. The molecular weight excluding hydrogens is 244 g/mol. The van der Waals surface area contributed by atoms with Crippen LogP contribution in [0.3, 0.4) is 0 Å². The number of likely N-dealkylation sites (N-methyl/N-ethyl adjacent to an activating group) is 1. The average molecular weight is 259 g/mol. The number of carbonyl (C=O) groups is 1. The first-order valence-corrected chi connectivity index (χ1v) is 5.61. The maximum absolute atomic E-state index is 12.1. The minimum atomic E-state index is -0.234. The number of carbonyl (C=O) groups excluding carboxylic acids is 1. The zero-order valence-electron chi connectivity index (χ0n) is 9.81. The summed E-state index contributed by atoms with van der Waals surface area (Å²) in [6.07, 6.45) is 1.41. The van der Waals surface area contributed by atoms with Crippen molar-refractivity contribution in [2.45, 2.75) is 6.92 Å². The van der Waals surface area contributed by atoms with E-state index in [4.69, 9.17) is 21.4 Å². The zero-order chi connectivity index (χ0) is 12.8. The quantitative estimate of drug-likeness (QED) is 0.806. The standard InChI is InChI=1S/C11H15ClN2O3/c1-3-14(4-5-15)11(16)8-6-10(12)13-7-9(8)17-2/h6-7,15H,3-5H2,1-2H3. The van der Waals surface area contributed by atoms with Gasteiger partial charge in [-0.25, -0.2) is 4.98 Å². The fourth-order valence-corrected chi connectivity index (χ4v) is 1.60. The van der Waals surface area contributed by atoms with Crippen LogP contribution in [-0.2, 0) is 0 Å². The number of amides is 1. The Hall–Kier alpha value is -1.33. The van der Waals surface area contributed by atoms with Crippen molar-refractivity contribution in [3.63, 3.8) is 0 Å². The van der Waals surface area contributed by atoms with Gasteiger partial charge in [-0.1, -0.05) is 11.6 Å². The Bertz CT molecular complexity index is 398. The average Bonchev–Trinajstić information content (AvgIpc) is 2.35. The van der Waals surface area contributed by atoms with Gasteiger partial charge in [0, 0.05) is 13.1 Å². The van der Waals surface area contributed by atoms with Crippen molar-refractivity contribution in [2.24, 2.45) is 0 Å². The molecule has 0 aromatic carbocycles. The topological polar surface area (TPSA) is 62.7 Å². The molecule has 1 heterocycles. The van der Waals surface area contributed by atoms with Gasteiger partial charge in [0.05, 0.1) is 25.5 Å². The molecule has 1 aromatic heterocycles. The lowest BCUT2D eigenvalue weighted by atomic mass is 10.2. The molecule has 0 spiro atoms. The van der Waals surface area contributed by atoms with Gasteiger partial charge < -0.3 is 14.7 Å². The van der Waals surface area contributed by atoms with Crippen molar-refractivity contribution < 1.29 is 14.6 Å². The van der Waals surface area contributed by atoms with E-state index in [0.29, 0.717) is 17.9 Å². The van der Waals surface area contributed by atoms with Gasteiger partial charge in [0.25, 0.3) is 5.91 Å². The number of aromatic nitrogens is 1. The maximum atomic E-state index is 12.1. The van der Waals surface area contributed by atoms with E-state index in [-0.39, 0.29) is 24.2 Å². The van der Waals surface area contributed by atoms with Crippen LogP contribution in [0.4, 0.5) is 0 Å². The van der Waals surface area contributed by atoms with Gasteiger partial charge in [-0.05, 0) is 13.0 Å². The van der Waals surface area contributed by atoms with Crippen molar-refractivity contribution in [3.05, 3.63) is 23.0 Å². The molecule has 0 saturated heterocycles. The molecule has 5 nitrogen and oxygen atoms in total. The van der Waals surface area contributed by atoms with Crippen LogP contribution in [0.5, 0.6) is 5.75 Å². The van der Waals surface area contributed by atoms with E-state index in [0.717, 1.165) is 0 Å². The number of pyridine rings is 1. The minimum Gasteiger partial charge on any atom is -0.494 e. The summed E-state index contributed by atoms with van der Waals surface area (Å²) in [5.41, 5.74) is 0.350. The molecule has 1 rings (SSSR count). The summed E-state index contributed by atoms with van der Waals surface area (Å²) in [5, 5.41) is 9.11. The van der Waals surface area contributed by atoms with Crippen LogP contribution in [0, 0.1) is 0 Å². The molecule has 0 saturated carbocycles. The van der Waals surface area contributed by atoms with Gasteiger partial charge >= 0.3 is 0 Å². The van der Waals surface area contributed by atoms with Crippen LogP contribution in [-0.4, -0.2) is 47.7 Å². The largest absolute Gasteiger partial charge is 0.494 e. The summed E-state index contributed by atoms with van der Waals surface area (Å²) in [6, 6.07) is 1.46. The lowest BCUT2D eigenvalue weighted by Gasteiger charge is -2.20. The highest BCUT2D eigenvalue weighted by Gasteiger charge is 2.18. The summed E-state index contributed by atoms with van der Waals surface area (Å²) in [5.74, 6) is 0.137. The molecule has 0 fully saturated rings. The second-order valence-electron chi connectivity index (χ2n) is 3.32. The van der Waals surface area contributed by atoms with E-state index in [9.17, 15) is 4.79 Å². The molecule has 17 heavy (non-hydrogen) atoms. The smallest absolute Gasteiger partial charge is 0.257 e. The first-order valence-electron chi connectivity index (χ1n) is 5.23. The summed E-state index contributed by atoms with van der Waals surface area (Å²) >= 11 is 5.76. The number of aliphatic hydroxyl groups is 1. The Balaban J connectivity index is 3.04. The Morgan fingerprint density at radius 3 is 2.88 bits per heavy atom. The van der Waals surface area contributed by atoms with Crippen molar-refractivity contribution >= 4 is 17.5 Å². The predicted molar refractivity (Wildman–Crippen MR) is 64.5 cm³/mol. The van der Waals surface area contributed by atoms with Crippen molar-refractivity contribution in [1.82, 2.24) is 9.88 Å². The first kappa shape index (κ1) is 13.7. The Kier molecular flexibility index (Phi) is 5.18. The molecule has 0 aliphatic rings. The number of halogens is 1. The van der Waals surface area contributed by atoms with Gasteiger partial charge in [0.2, 0.25) is 0 Å². The Morgan fingerprint density at radius 1 is 1.65 bits per heavy atom. The van der Waals surface area contributed by atoms with Crippen LogP contribution in [0.15, 0.2) is 12.3 Å². The van der Waals surface area contributed by atoms with E-state index in [1.54, 1.807) is 0 Å². The number of ether oxygens (including phenoxy) is 1. The van der Waals surface area contributed by atoms with Gasteiger partial charge in [-0.15, -0.1) is 0 Å². The molecule has 1 N–H and O–H groups in total. The third-order valence-corrected chi connectivity index (χ3v) is 2.53. The molecule has 0 unspecified atom stereocenters. The van der Waals surface area contributed by atoms with Crippen LogP contribution in [0.25, 0.3) is 0 Å². The van der Waals surface area contributed by atoms with E-state index < -0.39 is 0 Å². The molecule has 0 aliphatic heterocycles. The van der Waals surface area contributed by atoms with E-state index in [2.05, 4.69) is 4.98 Å². The van der Waals surface area contributed by atoms with E-state index >= 15 is 0 Å². The lowest BCUT2D eigenvalue weighted by molar-refractivity contribution is 0.0728. The highest BCUT2D eigenvalue weighted by Crippen LogP contribution is 2.21. The molecule has 1 aromatic rings. The molecule has 0 atom stereocenters. The summed E-state index contributed by atoms with van der Waals surface area (Å²) in [7, 11) is 1.46. The third-order valence-electron chi connectivity index (χ3n) is 2.32. The zero-order valence-corrected chi connectivity index (χ0v) is 10.6. The minimum absolute atomic E-state index is 0.0826. The highest BCUT2D eigenvalue weighted by molar-refractivity contribution is 6.29. The van der Waals surface area contributed by atoms with Gasteiger partial charge in [0.15, 0.2) is 0 Å². The number of hydrogen-bond acceptors (Lipinski definition) is 4. The number of aliphatic hydroxyl groups excluding tert-OH is 1. The van der Waals surface area contributed by atoms with Crippen molar-refractivity contribution in [3.8, 4) is 5.75 Å². The normalized spacial score (nSPS) is 10.1. The van der Waals surface area contributed by atoms with Crippen LogP contribution >= 0.6 is 11.6 Å². The second kappa shape index (κ2) is 6.42. The predicted octanol–water partition coefficient (Wildman–Crippen LogP) is 1.20. The fraction of sp³-hybridized carbons (Fsp3) is 0.455. The van der Waals surface area contributed by atoms with Crippen LogP contribution in [0.1, 0.15) is 17.3 Å². The number of methoxy groups -OCH3 is 1. The van der Waals surface area contributed by atoms with Crippen molar-refractivity contribution in [2.75, 3.05) is 26.8 Å². The third kappa shape index (κ3) is 3.31. The van der Waals surface area contributed by atoms with E-state index in [1.807, 2.05) is 6.92 Å². The van der Waals surface area contributed by atoms with E-state index in [1.165, 1.54) is 24.3 Å². The Morgan fingerprint density at radius 2 is 2.35 bits per heavy atom. The number of hydrogen-bond donors (Lipinski definition) is 1. The molecule has 94 valence electrons. The molecule has 1 amide bonds. The summed E-state index contributed by atoms with van der Waals surface area (Å²) in [6.45, 7) is 2.53. The molecule has 0 bridgehead atoms. The Labute approximate surface area is 105 Å².